The standard InChI is InChI=1S/C12H11N3O5/c1-7(11-13-8(2)14-20-11)19-12(16)9-5-3-4-6-10(9)15(17)18/h3-7H,1-2H3/t7-/m1/s1. The number of carbonyl (C=O) groups is 1. The minimum Gasteiger partial charge on any atom is -0.449 e. The Labute approximate surface area is 113 Å². The molecule has 0 fully saturated rings. The van der Waals surface area contributed by atoms with Crippen molar-refractivity contribution in [2.75, 3.05) is 0 Å². The van der Waals surface area contributed by atoms with Gasteiger partial charge < -0.3 is 9.26 Å². The number of ether oxygens (including phenoxy) is 1. The molecule has 2 rings (SSSR count). The van der Waals surface area contributed by atoms with Gasteiger partial charge in [-0.15, -0.1) is 0 Å². The molecule has 2 aromatic rings. The van der Waals surface area contributed by atoms with E-state index in [2.05, 4.69) is 10.1 Å². The van der Waals surface area contributed by atoms with E-state index in [1.54, 1.807) is 13.8 Å². The van der Waals surface area contributed by atoms with Gasteiger partial charge in [0, 0.05) is 6.07 Å². The van der Waals surface area contributed by atoms with Gasteiger partial charge in [-0.1, -0.05) is 17.3 Å². The second kappa shape index (κ2) is 5.47. The molecule has 0 amide bonds. The number of hydrogen-bond donors (Lipinski definition) is 0. The van der Waals surface area contributed by atoms with Gasteiger partial charge in [-0.2, -0.15) is 4.98 Å². The number of aryl methyl sites for hydroxylation is 1. The normalized spacial score (nSPS) is 11.9. The maximum absolute atomic E-state index is 11.9. The first-order valence-electron chi connectivity index (χ1n) is 5.73. The molecular formula is C12H11N3O5. The maximum Gasteiger partial charge on any atom is 0.345 e. The molecule has 1 aromatic heterocycles. The number of nitro groups is 1. The van der Waals surface area contributed by atoms with Crippen LogP contribution >= 0.6 is 0 Å². The number of nitrogens with zero attached hydrogens (tertiary/aromatic N) is 3. The van der Waals surface area contributed by atoms with Crippen molar-refractivity contribution in [3.63, 3.8) is 0 Å². The van der Waals surface area contributed by atoms with Gasteiger partial charge in [0.05, 0.1) is 4.92 Å². The molecule has 8 heteroatoms. The number of aromatic nitrogens is 2. The summed E-state index contributed by atoms with van der Waals surface area (Å²) >= 11 is 0. The Balaban J connectivity index is 2.18. The van der Waals surface area contributed by atoms with Gasteiger partial charge in [-0.25, -0.2) is 4.79 Å². The number of nitro benzene ring substituents is 1. The first-order valence-corrected chi connectivity index (χ1v) is 5.73. The van der Waals surface area contributed by atoms with Gasteiger partial charge in [-0.05, 0) is 19.9 Å². The van der Waals surface area contributed by atoms with Crippen LogP contribution in [0.1, 0.15) is 35.1 Å². The summed E-state index contributed by atoms with van der Waals surface area (Å²) in [5.74, 6) is -0.274. The lowest BCUT2D eigenvalue weighted by atomic mass is 10.2. The number of benzene rings is 1. The van der Waals surface area contributed by atoms with Crippen LogP contribution < -0.4 is 0 Å². The van der Waals surface area contributed by atoms with Gasteiger partial charge in [0.2, 0.25) is 0 Å². The molecule has 20 heavy (non-hydrogen) atoms. The van der Waals surface area contributed by atoms with Crippen LogP contribution in [0.2, 0.25) is 0 Å². The highest BCUT2D eigenvalue weighted by Gasteiger charge is 2.24. The van der Waals surface area contributed by atoms with Gasteiger partial charge in [0.15, 0.2) is 11.9 Å². The largest absolute Gasteiger partial charge is 0.449 e. The van der Waals surface area contributed by atoms with Crippen LogP contribution in [0.15, 0.2) is 28.8 Å². The summed E-state index contributed by atoms with van der Waals surface area (Å²) in [4.78, 5) is 26.1. The van der Waals surface area contributed by atoms with E-state index in [-0.39, 0.29) is 17.1 Å². The molecule has 1 aromatic carbocycles. The summed E-state index contributed by atoms with van der Waals surface area (Å²) in [7, 11) is 0. The smallest absolute Gasteiger partial charge is 0.345 e. The first kappa shape index (κ1) is 13.7. The van der Waals surface area contributed by atoms with E-state index in [4.69, 9.17) is 9.26 Å². The summed E-state index contributed by atoms with van der Waals surface area (Å²) in [5.41, 5.74) is -0.438. The van der Waals surface area contributed by atoms with Crippen molar-refractivity contribution < 1.29 is 19.0 Å². The Hall–Kier alpha value is -2.77. The second-order valence-electron chi connectivity index (χ2n) is 4.00. The third-order valence-electron chi connectivity index (χ3n) is 2.50. The van der Waals surface area contributed by atoms with Crippen LogP contribution in [0, 0.1) is 17.0 Å². The van der Waals surface area contributed by atoms with Crippen LogP contribution in [0.3, 0.4) is 0 Å². The molecule has 0 radical (unpaired) electrons. The van der Waals surface area contributed by atoms with Crippen molar-refractivity contribution in [2.24, 2.45) is 0 Å². The summed E-state index contributed by atoms with van der Waals surface area (Å²) in [5, 5.41) is 14.4. The van der Waals surface area contributed by atoms with Crippen LogP contribution in [0.5, 0.6) is 0 Å². The molecular weight excluding hydrogens is 266 g/mol. The molecule has 1 atom stereocenters. The minimum absolute atomic E-state index is 0.124. The van der Waals surface area contributed by atoms with Crippen LogP contribution in [-0.2, 0) is 4.74 Å². The predicted molar refractivity (Wildman–Crippen MR) is 66.0 cm³/mol. The minimum atomic E-state index is -0.819. The predicted octanol–water partition coefficient (Wildman–Crippen LogP) is 2.20. The fourth-order valence-electron chi connectivity index (χ4n) is 1.56. The molecule has 0 aliphatic carbocycles. The average molecular weight is 277 g/mol. The highest BCUT2D eigenvalue weighted by molar-refractivity contribution is 5.93. The summed E-state index contributed by atoms with van der Waals surface area (Å²) in [6, 6.07) is 5.55. The highest BCUT2D eigenvalue weighted by Crippen LogP contribution is 2.22. The Morgan fingerprint density at radius 2 is 2.15 bits per heavy atom. The number of para-hydroxylation sites is 1. The fourth-order valence-corrected chi connectivity index (χ4v) is 1.56. The second-order valence-corrected chi connectivity index (χ2v) is 4.00. The number of rotatable bonds is 4. The summed E-state index contributed by atoms with van der Waals surface area (Å²) < 4.78 is 9.96. The van der Waals surface area contributed by atoms with E-state index in [9.17, 15) is 14.9 Å². The van der Waals surface area contributed by atoms with E-state index in [1.165, 1.54) is 24.3 Å². The third kappa shape index (κ3) is 2.79. The molecule has 0 saturated heterocycles. The van der Waals surface area contributed by atoms with E-state index >= 15 is 0 Å². The summed E-state index contributed by atoms with van der Waals surface area (Å²) in [6.45, 7) is 3.17. The molecule has 0 spiro atoms. The van der Waals surface area contributed by atoms with Crippen LogP contribution in [-0.4, -0.2) is 21.0 Å². The zero-order valence-electron chi connectivity index (χ0n) is 10.8. The van der Waals surface area contributed by atoms with E-state index in [1.807, 2.05) is 0 Å². The molecule has 0 aliphatic rings. The van der Waals surface area contributed by atoms with Crippen molar-refractivity contribution in [2.45, 2.75) is 20.0 Å². The Morgan fingerprint density at radius 1 is 1.45 bits per heavy atom. The summed E-state index contributed by atoms with van der Waals surface area (Å²) in [6.07, 6.45) is -0.788. The molecule has 0 saturated carbocycles. The lowest BCUT2D eigenvalue weighted by Crippen LogP contribution is -2.11. The average Bonchev–Trinajstić information content (AvgIpc) is 2.85. The van der Waals surface area contributed by atoms with Crippen molar-refractivity contribution in [1.29, 1.82) is 0 Å². The molecule has 0 N–H and O–H groups in total. The fraction of sp³-hybridized carbons (Fsp3) is 0.250. The maximum atomic E-state index is 11.9. The lowest BCUT2D eigenvalue weighted by molar-refractivity contribution is -0.385. The topological polar surface area (TPSA) is 108 Å². The van der Waals surface area contributed by atoms with Crippen LogP contribution in [0.4, 0.5) is 5.69 Å². The SMILES string of the molecule is Cc1noc([C@@H](C)OC(=O)c2ccccc2[N+](=O)[O-])n1. The Bertz CT molecular complexity index is 652. The number of carbonyl (C=O) groups excluding carboxylic acids is 1. The Morgan fingerprint density at radius 3 is 2.75 bits per heavy atom. The van der Waals surface area contributed by atoms with Gasteiger partial charge >= 0.3 is 5.97 Å². The van der Waals surface area contributed by atoms with Crippen molar-refractivity contribution in [3.8, 4) is 0 Å². The monoisotopic (exact) mass is 277 g/mol. The quantitative estimate of drug-likeness (QED) is 0.478. The number of hydrogen-bond acceptors (Lipinski definition) is 7. The van der Waals surface area contributed by atoms with E-state index in [0.29, 0.717) is 5.82 Å². The zero-order chi connectivity index (χ0) is 14.7. The van der Waals surface area contributed by atoms with Crippen molar-refractivity contribution in [1.82, 2.24) is 10.1 Å². The lowest BCUT2D eigenvalue weighted by Gasteiger charge is -2.09. The highest BCUT2D eigenvalue weighted by atomic mass is 16.6. The van der Waals surface area contributed by atoms with Gasteiger partial charge in [-0.3, -0.25) is 10.1 Å². The van der Waals surface area contributed by atoms with Crippen molar-refractivity contribution in [3.05, 3.63) is 51.7 Å². The molecule has 8 nitrogen and oxygen atoms in total. The van der Waals surface area contributed by atoms with E-state index < -0.39 is 17.0 Å². The van der Waals surface area contributed by atoms with Crippen molar-refractivity contribution >= 4 is 11.7 Å². The number of esters is 1. The zero-order valence-corrected chi connectivity index (χ0v) is 10.8. The molecule has 0 aliphatic heterocycles. The molecule has 0 unspecified atom stereocenters. The molecule has 0 bridgehead atoms. The molecule has 1 heterocycles. The molecule has 104 valence electrons. The van der Waals surface area contributed by atoms with E-state index in [0.717, 1.165) is 0 Å². The van der Waals surface area contributed by atoms with Crippen LogP contribution in [0.25, 0.3) is 0 Å². The van der Waals surface area contributed by atoms with Gasteiger partial charge in [0.1, 0.15) is 5.56 Å². The van der Waals surface area contributed by atoms with Gasteiger partial charge in [0.25, 0.3) is 11.6 Å². The first-order chi connectivity index (χ1) is 9.49. The third-order valence-corrected chi connectivity index (χ3v) is 2.50. The Kier molecular flexibility index (Phi) is 3.74.